The van der Waals surface area contributed by atoms with Crippen molar-refractivity contribution in [3.8, 4) is 0 Å². The molecule has 1 unspecified atom stereocenters. The second kappa shape index (κ2) is 4.07. The predicted molar refractivity (Wildman–Crippen MR) is 46.7 cm³/mol. The molecule has 1 saturated heterocycles. The Morgan fingerprint density at radius 1 is 1.45 bits per heavy atom. The number of hydrogen-bond acceptors (Lipinski definition) is 2. The summed E-state index contributed by atoms with van der Waals surface area (Å²) in [6.45, 7) is 4.68. The minimum Gasteiger partial charge on any atom is -0.381 e. The molecule has 0 aromatic heterocycles. The smallest absolute Gasteiger partial charge is 0.0609 e. The fraction of sp³-hybridized carbons (Fsp3) is 1.00. The van der Waals surface area contributed by atoms with Crippen LogP contribution in [0.2, 0.25) is 0 Å². The molecule has 1 aliphatic heterocycles. The topological polar surface area (TPSA) is 12.5 Å². The summed E-state index contributed by atoms with van der Waals surface area (Å²) in [5.41, 5.74) is 0. The maximum absolute atomic E-state index is 5.41. The third-order valence-corrected chi connectivity index (χ3v) is 2.57. The van der Waals surface area contributed by atoms with Gasteiger partial charge in [0.05, 0.1) is 6.10 Å². The van der Waals surface area contributed by atoms with Crippen LogP contribution in [0.1, 0.15) is 19.8 Å². The van der Waals surface area contributed by atoms with Gasteiger partial charge in [-0.25, -0.2) is 0 Å². The van der Waals surface area contributed by atoms with Gasteiger partial charge in [0.2, 0.25) is 0 Å². The van der Waals surface area contributed by atoms with Gasteiger partial charge in [-0.05, 0) is 32.4 Å². The summed E-state index contributed by atoms with van der Waals surface area (Å²) in [5, 5.41) is 0. The quantitative estimate of drug-likeness (QED) is 0.570. The van der Waals surface area contributed by atoms with Gasteiger partial charge in [-0.15, -0.1) is 0 Å². The molecule has 1 aliphatic rings. The van der Waals surface area contributed by atoms with Crippen molar-refractivity contribution in [1.29, 1.82) is 0 Å². The van der Waals surface area contributed by atoms with Crippen LogP contribution >= 0.6 is 0 Å². The minimum absolute atomic E-state index is 0.486. The Morgan fingerprint density at radius 3 is 2.82 bits per heavy atom. The van der Waals surface area contributed by atoms with E-state index < -0.39 is 0 Å². The van der Waals surface area contributed by atoms with Crippen molar-refractivity contribution >= 4 is 0 Å². The van der Waals surface area contributed by atoms with Gasteiger partial charge < -0.3 is 9.64 Å². The molecule has 0 radical (unpaired) electrons. The van der Waals surface area contributed by atoms with Crippen LogP contribution in [-0.2, 0) is 4.74 Å². The van der Waals surface area contributed by atoms with Gasteiger partial charge in [-0.2, -0.15) is 0 Å². The fourth-order valence-electron chi connectivity index (χ4n) is 1.90. The molecule has 0 amide bonds. The zero-order valence-corrected chi connectivity index (χ0v) is 7.84. The molecule has 2 atom stereocenters. The molecule has 11 heavy (non-hydrogen) atoms. The first-order valence-electron chi connectivity index (χ1n) is 4.45. The van der Waals surface area contributed by atoms with Crippen LogP contribution in [-0.4, -0.2) is 38.3 Å². The second-order valence-electron chi connectivity index (χ2n) is 3.66. The monoisotopic (exact) mass is 157 g/mol. The number of rotatable bonds is 1. The summed E-state index contributed by atoms with van der Waals surface area (Å²) < 4.78 is 5.41. The Morgan fingerprint density at radius 2 is 2.18 bits per heavy atom. The Bertz CT molecular complexity index is 116. The van der Waals surface area contributed by atoms with E-state index in [1.807, 2.05) is 7.11 Å². The van der Waals surface area contributed by atoms with Crippen molar-refractivity contribution in [2.24, 2.45) is 5.92 Å². The molecule has 0 saturated carbocycles. The summed E-state index contributed by atoms with van der Waals surface area (Å²) in [6.07, 6.45) is 2.99. The molecule has 1 fully saturated rings. The molecule has 0 aliphatic carbocycles. The number of hydrogen-bond donors (Lipinski definition) is 0. The van der Waals surface area contributed by atoms with Crippen molar-refractivity contribution in [1.82, 2.24) is 4.90 Å². The summed E-state index contributed by atoms with van der Waals surface area (Å²) >= 11 is 0. The van der Waals surface area contributed by atoms with E-state index in [0.29, 0.717) is 12.0 Å². The fourth-order valence-corrected chi connectivity index (χ4v) is 1.90. The maximum atomic E-state index is 5.41. The van der Waals surface area contributed by atoms with Gasteiger partial charge in [-0.3, -0.25) is 0 Å². The van der Waals surface area contributed by atoms with Crippen molar-refractivity contribution in [2.45, 2.75) is 25.9 Å². The normalized spacial score (nSPS) is 35.2. The molecular formula is C9H19NO. The highest BCUT2D eigenvalue weighted by atomic mass is 16.5. The molecule has 0 aromatic carbocycles. The van der Waals surface area contributed by atoms with E-state index in [2.05, 4.69) is 18.9 Å². The van der Waals surface area contributed by atoms with Crippen LogP contribution in [0.15, 0.2) is 0 Å². The molecule has 2 nitrogen and oxygen atoms in total. The van der Waals surface area contributed by atoms with Crippen molar-refractivity contribution in [3.05, 3.63) is 0 Å². The van der Waals surface area contributed by atoms with Crippen LogP contribution in [0, 0.1) is 5.92 Å². The first kappa shape index (κ1) is 9.01. The molecule has 0 aromatic rings. The van der Waals surface area contributed by atoms with Crippen molar-refractivity contribution < 1.29 is 4.74 Å². The number of methoxy groups -OCH3 is 1. The first-order valence-corrected chi connectivity index (χ1v) is 4.45. The number of likely N-dealkylation sites (tertiary alicyclic amines) is 1. The Balaban J connectivity index is 2.43. The maximum Gasteiger partial charge on any atom is 0.0609 e. The number of nitrogens with zero attached hydrogens (tertiary/aromatic N) is 1. The Kier molecular flexibility index (Phi) is 3.34. The Labute approximate surface area is 69.5 Å². The van der Waals surface area contributed by atoms with Crippen molar-refractivity contribution in [3.63, 3.8) is 0 Å². The summed E-state index contributed by atoms with van der Waals surface area (Å²) in [5.74, 6) is 0.687. The molecule has 1 rings (SSSR count). The van der Waals surface area contributed by atoms with Gasteiger partial charge >= 0.3 is 0 Å². The van der Waals surface area contributed by atoms with E-state index in [1.165, 1.54) is 25.9 Å². The van der Waals surface area contributed by atoms with Crippen LogP contribution in [0.25, 0.3) is 0 Å². The lowest BCUT2D eigenvalue weighted by Crippen LogP contribution is -2.28. The second-order valence-corrected chi connectivity index (χ2v) is 3.66. The zero-order chi connectivity index (χ0) is 8.27. The van der Waals surface area contributed by atoms with Gasteiger partial charge in [0.15, 0.2) is 0 Å². The zero-order valence-electron chi connectivity index (χ0n) is 7.84. The van der Waals surface area contributed by atoms with E-state index in [-0.39, 0.29) is 0 Å². The van der Waals surface area contributed by atoms with Crippen LogP contribution in [0.3, 0.4) is 0 Å². The number of ether oxygens (including phenoxy) is 1. The summed E-state index contributed by atoms with van der Waals surface area (Å²) in [4.78, 5) is 2.39. The lowest BCUT2D eigenvalue weighted by Gasteiger charge is -2.21. The molecule has 66 valence electrons. The Hall–Kier alpha value is -0.0800. The third-order valence-electron chi connectivity index (χ3n) is 2.57. The highest BCUT2D eigenvalue weighted by Gasteiger charge is 2.21. The van der Waals surface area contributed by atoms with Crippen LogP contribution in [0.4, 0.5) is 0 Å². The summed E-state index contributed by atoms with van der Waals surface area (Å²) in [7, 11) is 4.01. The molecule has 1 heterocycles. The van der Waals surface area contributed by atoms with E-state index in [4.69, 9.17) is 4.74 Å². The van der Waals surface area contributed by atoms with Gasteiger partial charge in [0.25, 0.3) is 0 Å². The van der Waals surface area contributed by atoms with Crippen LogP contribution in [0.5, 0.6) is 0 Å². The van der Waals surface area contributed by atoms with Gasteiger partial charge in [-0.1, -0.05) is 6.92 Å². The van der Waals surface area contributed by atoms with E-state index in [0.717, 1.165) is 0 Å². The first-order chi connectivity index (χ1) is 5.24. The predicted octanol–water partition coefficient (Wildman–Crippen LogP) is 1.36. The standard InChI is InChI=1S/C9H19NO/c1-8-7-10(2)6-4-5-9(8)11-3/h8-9H,4-7H2,1-3H3/t8-,9?/m1/s1. The highest BCUT2D eigenvalue weighted by molar-refractivity contribution is 4.73. The highest BCUT2D eigenvalue weighted by Crippen LogP contribution is 2.17. The van der Waals surface area contributed by atoms with Gasteiger partial charge in [0.1, 0.15) is 0 Å². The minimum atomic E-state index is 0.486. The average Bonchev–Trinajstić information content (AvgIpc) is 2.11. The molecule has 0 bridgehead atoms. The lowest BCUT2D eigenvalue weighted by molar-refractivity contribution is 0.0528. The molecule has 2 heteroatoms. The van der Waals surface area contributed by atoms with Crippen molar-refractivity contribution in [2.75, 3.05) is 27.2 Å². The van der Waals surface area contributed by atoms with E-state index >= 15 is 0 Å². The van der Waals surface area contributed by atoms with Crippen LogP contribution < -0.4 is 0 Å². The van der Waals surface area contributed by atoms with E-state index in [9.17, 15) is 0 Å². The van der Waals surface area contributed by atoms with Gasteiger partial charge in [0, 0.05) is 13.7 Å². The third kappa shape index (κ3) is 2.46. The SMILES string of the molecule is COC1CCCN(C)C[C@H]1C. The molecule has 0 spiro atoms. The largest absolute Gasteiger partial charge is 0.381 e. The van der Waals surface area contributed by atoms with E-state index in [1.54, 1.807) is 0 Å². The lowest BCUT2D eigenvalue weighted by atomic mass is 10.0. The molecular weight excluding hydrogens is 138 g/mol. The average molecular weight is 157 g/mol. The summed E-state index contributed by atoms with van der Waals surface area (Å²) in [6, 6.07) is 0. The molecule has 0 N–H and O–H groups in total.